The molecule has 130 valence electrons. The summed E-state index contributed by atoms with van der Waals surface area (Å²) in [6.07, 6.45) is 0. The standard InChI is InChI=1S/C17H20O6S/c1-5-22-14-8-12(2)9-15(10-14)23-24(18,19)17-11-13(20-3)6-7-16(17)21-4/h6-11H,5H2,1-4H3. The van der Waals surface area contributed by atoms with Gasteiger partial charge in [0.2, 0.25) is 0 Å². The highest BCUT2D eigenvalue weighted by molar-refractivity contribution is 7.87. The van der Waals surface area contributed by atoms with Crippen molar-refractivity contribution in [2.24, 2.45) is 0 Å². The van der Waals surface area contributed by atoms with Crippen LogP contribution in [0.5, 0.6) is 23.0 Å². The third-order valence-corrected chi connectivity index (χ3v) is 4.45. The summed E-state index contributed by atoms with van der Waals surface area (Å²) < 4.78 is 46.1. The predicted octanol–water partition coefficient (Wildman–Crippen LogP) is 3.18. The summed E-state index contributed by atoms with van der Waals surface area (Å²) in [5.74, 6) is 1.27. The number of aryl methyl sites for hydroxylation is 1. The maximum Gasteiger partial charge on any atom is 0.343 e. The van der Waals surface area contributed by atoms with Gasteiger partial charge in [-0.2, -0.15) is 8.42 Å². The molecule has 0 radical (unpaired) electrons. The van der Waals surface area contributed by atoms with Crippen LogP contribution < -0.4 is 18.4 Å². The normalized spacial score (nSPS) is 11.0. The first-order valence-electron chi connectivity index (χ1n) is 7.30. The average Bonchev–Trinajstić information content (AvgIpc) is 2.53. The minimum atomic E-state index is -4.10. The van der Waals surface area contributed by atoms with E-state index in [1.165, 1.54) is 32.4 Å². The lowest BCUT2D eigenvalue weighted by Gasteiger charge is -2.13. The summed E-state index contributed by atoms with van der Waals surface area (Å²) in [6, 6.07) is 9.42. The van der Waals surface area contributed by atoms with Crippen molar-refractivity contribution in [2.45, 2.75) is 18.7 Å². The molecule has 0 bridgehead atoms. The van der Waals surface area contributed by atoms with Gasteiger partial charge in [0.25, 0.3) is 0 Å². The van der Waals surface area contributed by atoms with E-state index in [0.29, 0.717) is 18.1 Å². The lowest BCUT2D eigenvalue weighted by Crippen LogP contribution is -2.11. The molecule has 0 aliphatic heterocycles. The summed E-state index contributed by atoms with van der Waals surface area (Å²) in [4.78, 5) is -0.108. The Labute approximate surface area is 142 Å². The van der Waals surface area contributed by atoms with Crippen molar-refractivity contribution < 1.29 is 26.8 Å². The van der Waals surface area contributed by atoms with E-state index in [1.54, 1.807) is 18.2 Å². The Bertz CT molecular complexity index is 814. The lowest BCUT2D eigenvalue weighted by atomic mass is 10.2. The van der Waals surface area contributed by atoms with Crippen LogP contribution in [0.15, 0.2) is 41.3 Å². The van der Waals surface area contributed by atoms with Crippen LogP contribution in [0.3, 0.4) is 0 Å². The molecule has 0 aromatic heterocycles. The number of benzene rings is 2. The molecule has 0 fully saturated rings. The average molecular weight is 352 g/mol. The molecule has 0 spiro atoms. The molecule has 2 rings (SSSR count). The quantitative estimate of drug-likeness (QED) is 0.713. The Morgan fingerprint density at radius 2 is 1.62 bits per heavy atom. The molecular weight excluding hydrogens is 332 g/mol. The van der Waals surface area contributed by atoms with Crippen LogP contribution in [-0.2, 0) is 10.1 Å². The first-order valence-corrected chi connectivity index (χ1v) is 8.71. The van der Waals surface area contributed by atoms with Crippen LogP contribution in [0.1, 0.15) is 12.5 Å². The molecule has 0 saturated carbocycles. The van der Waals surface area contributed by atoms with Gasteiger partial charge in [0.15, 0.2) is 4.90 Å². The molecule has 2 aromatic rings. The van der Waals surface area contributed by atoms with Crippen LogP contribution in [0.2, 0.25) is 0 Å². The smallest absolute Gasteiger partial charge is 0.343 e. The van der Waals surface area contributed by atoms with Gasteiger partial charge >= 0.3 is 10.1 Å². The Morgan fingerprint density at radius 3 is 2.25 bits per heavy atom. The van der Waals surface area contributed by atoms with Gasteiger partial charge in [-0.3, -0.25) is 0 Å². The molecule has 2 aromatic carbocycles. The Morgan fingerprint density at radius 1 is 0.917 bits per heavy atom. The number of rotatable bonds is 7. The number of hydrogen-bond acceptors (Lipinski definition) is 6. The van der Waals surface area contributed by atoms with Gasteiger partial charge in [0, 0.05) is 12.1 Å². The Kier molecular flexibility index (Phi) is 5.56. The minimum Gasteiger partial charge on any atom is -0.497 e. The first kappa shape index (κ1) is 17.9. The number of methoxy groups -OCH3 is 2. The summed E-state index contributed by atoms with van der Waals surface area (Å²) >= 11 is 0. The van der Waals surface area contributed by atoms with Crippen molar-refractivity contribution in [1.82, 2.24) is 0 Å². The van der Waals surface area contributed by atoms with Crippen LogP contribution >= 0.6 is 0 Å². The first-order chi connectivity index (χ1) is 11.4. The van der Waals surface area contributed by atoms with Crippen LogP contribution in [0, 0.1) is 6.92 Å². The van der Waals surface area contributed by atoms with Crippen molar-refractivity contribution in [3.05, 3.63) is 42.0 Å². The lowest BCUT2D eigenvalue weighted by molar-refractivity contribution is 0.338. The van der Waals surface area contributed by atoms with Gasteiger partial charge < -0.3 is 18.4 Å². The molecule has 0 unspecified atom stereocenters. The van der Waals surface area contributed by atoms with E-state index in [0.717, 1.165) is 5.56 Å². The highest BCUT2D eigenvalue weighted by Gasteiger charge is 2.23. The maximum atomic E-state index is 12.6. The molecule has 0 N–H and O–H groups in total. The highest BCUT2D eigenvalue weighted by atomic mass is 32.2. The summed E-state index contributed by atoms with van der Waals surface area (Å²) in [5.41, 5.74) is 0.823. The van der Waals surface area contributed by atoms with Gasteiger partial charge in [0.05, 0.1) is 20.8 Å². The monoisotopic (exact) mass is 352 g/mol. The van der Waals surface area contributed by atoms with E-state index in [2.05, 4.69) is 0 Å². The van der Waals surface area contributed by atoms with Crippen molar-refractivity contribution >= 4 is 10.1 Å². The third-order valence-electron chi connectivity index (χ3n) is 3.18. The van der Waals surface area contributed by atoms with E-state index >= 15 is 0 Å². The summed E-state index contributed by atoms with van der Waals surface area (Å²) in [7, 11) is -1.26. The fraction of sp³-hybridized carbons (Fsp3) is 0.294. The molecule has 7 heteroatoms. The second kappa shape index (κ2) is 7.44. The van der Waals surface area contributed by atoms with Crippen LogP contribution in [-0.4, -0.2) is 29.2 Å². The molecular formula is C17H20O6S. The van der Waals surface area contributed by atoms with E-state index in [4.69, 9.17) is 18.4 Å². The Hall–Kier alpha value is -2.41. The molecule has 6 nitrogen and oxygen atoms in total. The van der Waals surface area contributed by atoms with Crippen molar-refractivity contribution in [2.75, 3.05) is 20.8 Å². The number of hydrogen-bond donors (Lipinski definition) is 0. The van der Waals surface area contributed by atoms with Gasteiger partial charge in [-0.15, -0.1) is 0 Å². The molecule has 0 heterocycles. The van der Waals surface area contributed by atoms with E-state index in [9.17, 15) is 8.42 Å². The maximum absolute atomic E-state index is 12.6. The number of ether oxygens (including phenoxy) is 3. The molecule has 0 aliphatic rings. The Balaban J connectivity index is 2.42. The topological polar surface area (TPSA) is 71.1 Å². The van der Waals surface area contributed by atoms with Crippen LogP contribution in [0.4, 0.5) is 0 Å². The predicted molar refractivity (Wildman–Crippen MR) is 89.7 cm³/mol. The van der Waals surface area contributed by atoms with Gasteiger partial charge in [-0.05, 0) is 43.7 Å². The van der Waals surface area contributed by atoms with Gasteiger partial charge in [0.1, 0.15) is 23.0 Å². The zero-order valence-electron chi connectivity index (χ0n) is 14.0. The fourth-order valence-electron chi connectivity index (χ4n) is 2.16. The largest absolute Gasteiger partial charge is 0.497 e. The molecule has 0 aliphatic carbocycles. The minimum absolute atomic E-state index is 0.108. The third kappa shape index (κ3) is 4.11. The van der Waals surface area contributed by atoms with Crippen molar-refractivity contribution in [1.29, 1.82) is 0 Å². The summed E-state index contributed by atoms with van der Waals surface area (Å²) in [5, 5.41) is 0. The van der Waals surface area contributed by atoms with E-state index in [-0.39, 0.29) is 16.4 Å². The fourth-order valence-corrected chi connectivity index (χ4v) is 3.26. The summed E-state index contributed by atoms with van der Waals surface area (Å²) in [6.45, 7) is 4.15. The molecule has 0 saturated heterocycles. The zero-order chi connectivity index (χ0) is 17.7. The van der Waals surface area contributed by atoms with E-state index in [1.807, 2.05) is 13.8 Å². The molecule has 0 atom stereocenters. The van der Waals surface area contributed by atoms with Gasteiger partial charge in [-0.25, -0.2) is 0 Å². The van der Waals surface area contributed by atoms with E-state index < -0.39 is 10.1 Å². The second-order valence-electron chi connectivity index (χ2n) is 4.97. The SMILES string of the molecule is CCOc1cc(C)cc(OS(=O)(=O)c2cc(OC)ccc2OC)c1. The molecule has 0 amide bonds. The zero-order valence-corrected chi connectivity index (χ0v) is 14.8. The second-order valence-corrected chi connectivity index (χ2v) is 6.48. The van der Waals surface area contributed by atoms with Crippen molar-refractivity contribution in [3.8, 4) is 23.0 Å². The molecule has 24 heavy (non-hydrogen) atoms. The van der Waals surface area contributed by atoms with Gasteiger partial charge in [-0.1, -0.05) is 0 Å². The highest BCUT2D eigenvalue weighted by Crippen LogP contribution is 2.31. The van der Waals surface area contributed by atoms with Crippen LogP contribution in [0.25, 0.3) is 0 Å². The van der Waals surface area contributed by atoms with Crippen molar-refractivity contribution in [3.63, 3.8) is 0 Å².